The molecule has 62 valence electrons. The Balaban J connectivity index is 0.000000292. The van der Waals surface area contributed by atoms with Gasteiger partial charge in [-0.2, -0.15) is 5.10 Å². The van der Waals surface area contributed by atoms with Crippen LogP contribution in [0.4, 0.5) is 5.82 Å². The molecule has 0 saturated heterocycles. The van der Waals surface area contributed by atoms with Crippen LogP contribution in [0.3, 0.4) is 0 Å². The first-order valence-electron chi connectivity index (χ1n) is 3.27. The van der Waals surface area contributed by atoms with E-state index in [4.69, 9.17) is 10.5 Å². The molecule has 0 radical (unpaired) electrons. The van der Waals surface area contributed by atoms with Gasteiger partial charge in [-0.1, -0.05) is 0 Å². The predicted octanol–water partition coefficient (Wildman–Crippen LogP) is 0.516. The fourth-order valence-electron chi connectivity index (χ4n) is 0.631. The molecular formula is C7H13N3O. The summed E-state index contributed by atoms with van der Waals surface area (Å²) in [6.45, 7) is 3.36. The maximum Gasteiger partial charge on any atom is 0.121 e. The van der Waals surface area contributed by atoms with Gasteiger partial charge in [-0.05, 0) is 13.8 Å². The molecule has 0 saturated carbocycles. The van der Waals surface area contributed by atoms with E-state index in [1.807, 2.05) is 20.0 Å². The lowest BCUT2D eigenvalue weighted by atomic mass is 10.5. The zero-order valence-corrected chi connectivity index (χ0v) is 7.03. The number of hydrogen-bond donors (Lipinski definition) is 1. The van der Waals surface area contributed by atoms with Gasteiger partial charge in [-0.15, -0.1) is 0 Å². The Bertz CT molecular complexity index is 210. The van der Waals surface area contributed by atoms with Crippen molar-refractivity contribution in [1.29, 1.82) is 0 Å². The number of nitrogens with zero attached hydrogens (tertiary/aromatic N) is 2. The van der Waals surface area contributed by atoms with Crippen LogP contribution in [0.2, 0.25) is 0 Å². The number of anilines is 1. The fourth-order valence-corrected chi connectivity index (χ4v) is 0.631. The Morgan fingerprint density at radius 3 is 2.27 bits per heavy atom. The summed E-state index contributed by atoms with van der Waals surface area (Å²) in [5.41, 5.74) is 6.40. The summed E-state index contributed by atoms with van der Waals surface area (Å²) in [7, 11) is 1.82. The standard InChI is InChI=1S/C5H9N3.C2H4O/c1-4-3-5(6)8(2)7-4;1-2-3/h3H,6H2,1-2H3;2H,1H3. The number of hydrogen-bond acceptors (Lipinski definition) is 3. The highest BCUT2D eigenvalue weighted by molar-refractivity contribution is 5.44. The topological polar surface area (TPSA) is 60.9 Å². The van der Waals surface area contributed by atoms with Crippen LogP contribution in [-0.4, -0.2) is 16.1 Å². The first kappa shape index (κ1) is 9.68. The minimum Gasteiger partial charge on any atom is -0.384 e. The van der Waals surface area contributed by atoms with Crippen LogP contribution < -0.4 is 5.73 Å². The molecule has 0 aliphatic carbocycles. The number of carbonyl (C=O) groups is 1. The molecule has 4 heteroatoms. The van der Waals surface area contributed by atoms with E-state index < -0.39 is 0 Å². The summed E-state index contributed by atoms with van der Waals surface area (Å²) in [6, 6.07) is 1.83. The van der Waals surface area contributed by atoms with E-state index in [-0.39, 0.29) is 0 Å². The SMILES string of the molecule is CC=O.Cc1cc(N)n(C)n1. The number of nitrogens with two attached hydrogens (primary N) is 1. The first-order valence-corrected chi connectivity index (χ1v) is 3.27. The van der Waals surface area contributed by atoms with Crippen LogP contribution in [0.1, 0.15) is 12.6 Å². The summed E-state index contributed by atoms with van der Waals surface area (Å²) in [5.74, 6) is 0.711. The van der Waals surface area contributed by atoms with Crippen LogP contribution in [0, 0.1) is 6.92 Å². The van der Waals surface area contributed by atoms with Gasteiger partial charge in [0.2, 0.25) is 0 Å². The third kappa shape index (κ3) is 3.40. The van der Waals surface area contributed by atoms with Gasteiger partial charge in [-0.25, -0.2) is 0 Å². The quantitative estimate of drug-likeness (QED) is 0.555. The molecule has 0 bridgehead atoms. The fraction of sp³-hybridized carbons (Fsp3) is 0.429. The largest absolute Gasteiger partial charge is 0.384 e. The van der Waals surface area contributed by atoms with Crippen molar-refractivity contribution in [3.8, 4) is 0 Å². The molecule has 1 heterocycles. The van der Waals surface area contributed by atoms with E-state index in [0.29, 0.717) is 5.82 Å². The summed E-state index contributed by atoms with van der Waals surface area (Å²) < 4.78 is 1.65. The molecule has 0 aliphatic heterocycles. The number of aromatic nitrogens is 2. The Hall–Kier alpha value is -1.32. The van der Waals surface area contributed by atoms with Gasteiger partial charge in [-0.3, -0.25) is 4.68 Å². The van der Waals surface area contributed by atoms with E-state index in [0.717, 1.165) is 12.0 Å². The van der Waals surface area contributed by atoms with Crippen molar-refractivity contribution >= 4 is 12.1 Å². The van der Waals surface area contributed by atoms with Gasteiger partial charge >= 0.3 is 0 Å². The molecule has 0 aliphatic rings. The molecular weight excluding hydrogens is 142 g/mol. The van der Waals surface area contributed by atoms with Crippen molar-refractivity contribution in [2.24, 2.45) is 7.05 Å². The van der Waals surface area contributed by atoms with E-state index >= 15 is 0 Å². The molecule has 11 heavy (non-hydrogen) atoms. The van der Waals surface area contributed by atoms with Gasteiger partial charge < -0.3 is 10.5 Å². The van der Waals surface area contributed by atoms with Crippen LogP contribution >= 0.6 is 0 Å². The summed E-state index contributed by atoms with van der Waals surface area (Å²) in [5, 5.41) is 4.00. The highest BCUT2D eigenvalue weighted by atomic mass is 16.1. The van der Waals surface area contributed by atoms with Crippen molar-refractivity contribution < 1.29 is 4.79 Å². The number of nitrogen functional groups attached to an aromatic ring is 1. The smallest absolute Gasteiger partial charge is 0.121 e. The first-order chi connectivity index (χ1) is 5.11. The predicted molar refractivity (Wildman–Crippen MR) is 44.1 cm³/mol. The van der Waals surface area contributed by atoms with Crippen molar-refractivity contribution in [2.75, 3.05) is 5.73 Å². The lowest BCUT2D eigenvalue weighted by Crippen LogP contribution is -1.96. The highest BCUT2D eigenvalue weighted by Crippen LogP contribution is 2.00. The lowest BCUT2D eigenvalue weighted by Gasteiger charge is -1.87. The van der Waals surface area contributed by atoms with E-state index in [1.165, 1.54) is 6.92 Å². The van der Waals surface area contributed by atoms with Crippen molar-refractivity contribution in [1.82, 2.24) is 9.78 Å². The Morgan fingerprint density at radius 2 is 2.18 bits per heavy atom. The van der Waals surface area contributed by atoms with Crippen LogP contribution in [0.5, 0.6) is 0 Å². The van der Waals surface area contributed by atoms with Crippen LogP contribution in [0.15, 0.2) is 6.07 Å². The number of aldehydes is 1. The van der Waals surface area contributed by atoms with Crippen molar-refractivity contribution in [3.63, 3.8) is 0 Å². The average Bonchev–Trinajstić information content (AvgIpc) is 2.12. The minimum absolute atomic E-state index is 0.711. The zero-order chi connectivity index (χ0) is 8.85. The van der Waals surface area contributed by atoms with Crippen LogP contribution in [0.25, 0.3) is 0 Å². The number of aryl methyl sites for hydroxylation is 2. The van der Waals surface area contributed by atoms with Crippen LogP contribution in [-0.2, 0) is 11.8 Å². The molecule has 0 atom stereocenters. The maximum atomic E-state index is 8.81. The summed E-state index contributed by atoms with van der Waals surface area (Å²) >= 11 is 0. The number of rotatable bonds is 0. The second-order valence-corrected chi connectivity index (χ2v) is 2.07. The molecule has 0 spiro atoms. The second kappa shape index (κ2) is 4.49. The Labute approximate surface area is 66.0 Å². The molecule has 2 N–H and O–H groups in total. The van der Waals surface area contributed by atoms with Gasteiger partial charge in [0.05, 0.1) is 5.69 Å². The zero-order valence-electron chi connectivity index (χ0n) is 7.03. The maximum absolute atomic E-state index is 8.81. The molecule has 0 aromatic carbocycles. The summed E-state index contributed by atoms with van der Waals surface area (Å²) in [4.78, 5) is 8.81. The lowest BCUT2D eigenvalue weighted by molar-refractivity contribution is -0.106. The van der Waals surface area contributed by atoms with Gasteiger partial charge in [0.15, 0.2) is 0 Å². The second-order valence-electron chi connectivity index (χ2n) is 2.07. The van der Waals surface area contributed by atoms with Gasteiger partial charge in [0, 0.05) is 13.1 Å². The van der Waals surface area contributed by atoms with E-state index in [1.54, 1.807) is 4.68 Å². The normalized spacial score (nSPS) is 8.27. The Morgan fingerprint density at radius 1 is 1.73 bits per heavy atom. The molecule has 1 aromatic heterocycles. The molecule has 0 amide bonds. The average molecular weight is 155 g/mol. The summed E-state index contributed by atoms with van der Waals surface area (Å²) in [6.07, 6.45) is 0.750. The molecule has 0 fully saturated rings. The molecule has 4 nitrogen and oxygen atoms in total. The minimum atomic E-state index is 0.711. The Kier molecular flexibility index (Phi) is 3.95. The monoisotopic (exact) mass is 155 g/mol. The molecule has 0 unspecified atom stereocenters. The third-order valence-electron chi connectivity index (χ3n) is 1.04. The van der Waals surface area contributed by atoms with E-state index in [2.05, 4.69) is 5.10 Å². The number of carbonyl (C=O) groups excluding carboxylic acids is 1. The van der Waals surface area contributed by atoms with Gasteiger partial charge in [0.1, 0.15) is 12.1 Å². The third-order valence-corrected chi connectivity index (χ3v) is 1.04. The highest BCUT2D eigenvalue weighted by Gasteiger charge is 1.92. The van der Waals surface area contributed by atoms with Crippen molar-refractivity contribution in [3.05, 3.63) is 11.8 Å². The van der Waals surface area contributed by atoms with E-state index in [9.17, 15) is 0 Å². The van der Waals surface area contributed by atoms with Crippen molar-refractivity contribution in [2.45, 2.75) is 13.8 Å². The van der Waals surface area contributed by atoms with Gasteiger partial charge in [0.25, 0.3) is 0 Å². The molecule has 1 rings (SSSR count). The molecule has 1 aromatic rings.